The van der Waals surface area contributed by atoms with E-state index in [1.165, 1.54) is 16.7 Å². The zero-order valence-electron chi connectivity index (χ0n) is 17.6. The van der Waals surface area contributed by atoms with Gasteiger partial charge in [-0.1, -0.05) is 82.1 Å². The molecule has 0 heterocycles. The summed E-state index contributed by atoms with van der Waals surface area (Å²) in [5.74, 6) is 1.16. The van der Waals surface area contributed by atoms with Crippen LogP contribution in [0.4, 0.5) is 0 Å². The minimum absolute atomic E-state index is 0.334. The van der Waals surface area contributed by atoms with Crippen LogP contribution >= 0.6 is 39.3 Å². The average Bonchev–Trinajstić information content (AvgIpc) is 2.80. The predicted molar refractivity (Wildman–Crippen MR) is 142 cm³/mol. The van der Waals surface area contributed by atoms with Crippen molar-refractivity contribution in [3.63, 3.8) is 0 Å². The standard InChI is InChI=1S/C28H22BrClOS/c1-19-17-26(13-14-28(19)31)32-16-15-27(22-9-11-24(29)12-10-22)21-7-5-20(6-8-21)23-3-2-4-25(30)18-23/h2-15,17-18,31H,16H2,1H3/b27-15+. The van der Waals surface area contributed by atoms with Crippen LogP contribution in [0.15, 0.2) is 106 Å². The highest BCUT2D eigenvalue weighted by atomic mass is 79.9. The molecule has 0 aliphatic carbocycles. The Kier molecular flexibility index (Phi) is 7.41. The molecule has 1 N–H and O–H groups in total. The fraction of sp³-hybridized carbons (Fsp3) is 0.0714. The molecule has 0 bridgehead atoms. The first kappa shape index (κ1) is 22.7. The number of thioether (sulfide) groups is 1. The Labute approximate surface area is 206 Å². The van der Waals surface area contributed by atoms with Crippen LogP contribution in [0.3, 0.4) is 0 Å². The molecule has 0 aliphatic rings. The molecule has 160 valence electrons. The van der Waals surface area contributed by atoms with E-state index in [4.69, 9.17) is 11.6 Å². The van der Waals surface area contributed by atoms with Crippen LogP contribution in [0.2, 0.25) is 5.02 Å². The van der Waals surface area contributed by atoms with Gasteiger partial charge in [-0.15, -0.1) is 11.8 Å². The molecule has 0 fully saturated rings. The van der Waals surface area contributed by atoms with Crippen molar-refractivity contribution < 1.29 is 5.11 Å². The normalized spacial score (nSPS) is 11.5. The first-order valence-electron chi connectivity index (χ1n) is 10.2. The summed E-state index contributed by atoms with van der Waals surface area (Å²) in [7, 11) is 0. The molecular formula is C28H22BrClOS. The summed E-state index contributed by atoms with van der Waals surface area (Å²) in [6.45, 7) is 1.92. The predicted octanol–water partition coefficient (Wildman–Crippen LogP) is 9.01. The lowest BCUT2D eigenvalue weighted by atomic mass is 9.95. The van der Waals surface area contributed by atoms with Crippen LogP contribution in [0.1, 0.15) is 16.7 Å². The molecule has 0 atom stereocenters. The zero-order valence-corrected chi connectivity index (χ0v) is 20.7. The minimum Gasteiger partial charge on any atom is -0.508 e. The van der Waals surface area contributed by atoms with E-state index in [1.807, 2.05) is 37.3 Å². The van der Waals surface area contributed by atoms with E-state index in [0.29, 0.717) is 5.75 Å². The molecule has 0 spiro atoms. The Morgan fingerprint density at radius 1 is 0.875 bits per heavy atom. The maximum atomic E-state index is 9.76. The lowest BCUT2D eigenvalue weighted by Gasteiger charge is -2.11. The van der Waals surface area contributed by atoms with Crippen LogP contribution in [0.5, 0.6) is 5.75 Å². The quantitative estimate of drug-likeness (QED) is 0.255. The number of phenols is 1. The molecule has 4 rings (SSSR count). The van der Waals surface area contributed by atoms with Gasteiger partial charge in [0.15, 0.2) is 0 Å². The van der Waals surface area contributed by atoms with E-state index in [-0.39, 0.29) is 0 Å². The van der Waals surface area contributed by atoms with Gasteiger partial charge in [-0.25, -0.2) is 0 Å². The second kappa shape index (κ2) is 10.4. The van der Waals surface area contributed by atoms with Crippen molar-refractivity contribution in [2.75, 3.05) is 5.75 Å². The van der Waals surface area contributed by atoms with E-state index in [2.05, 4.69) is 76.6 Å². The highest BCUT2D eigenvalue weighted by Gasteiger charge is 2.07. The summed E-state index contributed by atoms with van der Waals surface area (Å²) >= 11 is 11.5. The fourth-order valence-electron chi connectivity index (χ4n) is 3.48. The van der Waals surface area contributed by atoms with Crippen molar-refractivity contribution >= 4 is 44.9 Å². The van der Waals surface area contributed by atoms with E-state index in [0.717, 1.165) is 36.8 Å². The summed E-state index contributed by atoms with van der Waals surface area (Å²) < 4.78 is 1.06. The Bertz CT molecular complexity index is 1250. The van der Waals surface area contributed by atoms with Gasteiger partial charge in [0.05, 0.1) is 0 Å². The Morgan fingerprint density at radius 2 is 1.56 bits per heavy atom. The van der Waals surface area contributed by atoms with Crippen molar-refractivity contribution in [3.8, 4) is 16.9 Å². The average molecular weight is 522 g/mol. The van der Waals surface area contributed by atoms with E-state index in [9.17, 15) is 5.11 Å². The van der Waals surface area contributed by atoms with Crippen molar-refractivity contribution in [2.45, 2.75) is 11.8 Å². The zero-order chi connectivity index (χ0) is 22.5. The summed E-state index contributed by atoms with van der Waals surface area (Å²) in [4.78, 5) is 1.14. The maximum Gasteiger partial charge on any atom is 0.118 e. The largest absolute Gasteiger partial charge is 0.508 e. The van der Waals surface area contributed by atoms with Crippen LogP contribution in [-0.2, 0) is 0 Å². The number of phenolic OH excluding ortho intramolecular Hbond substituents is 1. The molecule has 0 radical (unpaired) electrons. The van der Waals surface area contributed by atoms with Crippen LogP contribution in [0, 0.1) is 6.92 Å². The summed E-state index contributed by atoms with van der Waals surface area (Å²) in [6.07, 6.45) is 2.27. The second-order valence-electron chi connectivity index (χ2n) is 7.47. The third-order valence-corrected chi connectivity index (χ3v) is 6.90. The summed E-state index contributed by atoms with van der Waals surface area (Å²) in [5, 5.41) is 10.5. The Hall–Kier alpha value is -2.46. The van der Waals surface area contributed by atoms with Gasteiger partial charge < -0.3 is 5.11 Å². The number of hydrogen-bond donors (Lipinski definition) is 1. The molecule has 4 aromatic rings. The molecule has 0 aliphatic heterocycles. The highest BCUT2D eigenvalue weighted by Crippen LogP contribution is 2.30. The third-order valence-electron chi connectivity index (χ3n) is 5.21. The van der Waals surface area contributed by atoms with Gasteiger partial charge in [0, 0.05) is 20.1 Å². The SMILES string of the molecule is Cc1cc(SC/C=C(/c2ccc(Br)cc2)c2ccc(-c3cccc(Cl)c3)cc2)ccc1O. The molecule has 0 saturated carbocycles. The summed E-state index contributed by atoms with van der Waals surface area (Å²) in [6, 6.07) is 30.7. The van der Waals surface area contributed by atoms with E-state index >= 15 is 0 Å². The molecule has 32 heavy (non-hydrogen) atoms. The topological polar surface area (TPSA) is 20.2 Å². The number of hydrogen-bond acceptors (Lipinski definition) is 2. The van der Waals surface area contributed by atoms with Gasteiger partial charge in [-0.05, 0) is 82.8 Å². The number of benzene rings is 4. The first-order valence-corrected chi connectivity index (χ1v) is 12.4. The monoisotopic (exact) mass is 520 g/mol. The Balaban J connectivity index is 1.62. The molecule has 0 amide bonds. The van der Waals surface area contributed by atoms with Crippen LogP contribution in [-0.4, -0.2) is 10.9 Å². The lowest BCUT2D eigenvalue weighted by Crippen LogP contribution is -1.90. The van der Waals surface area contributed by atoms with Gasteiger partial charge in [0.2, 0.25) is 0 Å². The minimum atomic E-state index is 0.334. The molecular weight excluding hydrogens is 500 g/mol. The van der Waals surface area contributed by atoms with Crippen molar-refractivity contribution in [3.05, 3.63) is 123 Å². The molecule has 0 unspecified atom stereocenters. The van der Waals surface area contributed by atoms with Gasteiger partial charge in [0.1, 0.15) is 5.75 Å². The van der Waals surface area contributed by atoms with Gasteiger partial charge in [-0.3, -0.25) is 0 Å². The van der Waals surface area contributed by atoms with Gasteiger partial charge in [-0.2, -0.15) is 0 Å². The number of rotatable bonds is 6. The molecule has 4 heteroatoms. The first-order chi connectivity index (χ1) is 15.5. The molecule has 0 aromatic heterocycles. The number of aromatic hydroxyl groups is 1. The smallest absolute Gasteiger partial charge is 0.118 e. The second-order valence-corrected chi connectivity index (χ2v) is 9.92. The highest BCUT2D eigenvalue weighted by molar-refractivity contribution is 9.10. The van der Waals surface area contributed by atoms with Crippen molar-refractivity contribution in [1.29, 1.82) is 0 Å². The number of halogens is 2. The lowest BCUT2D eigenvalue weighted by molar-refractivity contribution is 0.470. The fourth-order valence-corrected chi connectivity index (χ4v) is 4.80. The van der Waals surface area contributed by atoms with Crippen LogP contribution < -0.4 is 0 Å². The maximum absolute atomic E-state index is 9.76. The third kappa shape index (κ3) is 5.66. The summed E-state index contributed by atoms with van der Waals surface area (Å²) in [5.41, 5.74) is 6.67. The molecule has 1 nitrogen and oxygen atoms in total. The van der Waals surface area contributed by atoms with E-state index < -0.39 is 0 Å². The van der Waals surface area contributed by atoms with Gasteiger partial charge >= 0.3 is 0 Å². The molecule has 4 aromatic carbocycles. The van der Waals surface area contributed by atoms with Crippen molar-refractivity contribution in [2.24, 2.45) is 0 Å². The van der Waals surface area contributed by atoms with Crippen LogP contribution in [0.25, 0.3) is 16.7 Å². The van der Waals surface area contributed by atoms with E-state index in [1.54, 1.807) is 17.8 Å². The van der Waals surface area contributed by atoms with Crippen molar-refractivity contribution in [1.82, 2.24) is 0 Å². The van der Waals surface area contributed by atoms with Gasteiger partial charge in [0.25, 0.3) is 0 Å². The molecule has 0 saturated heterocycles. The Morgan fingerprint density at radius 3 is 2.22 bits per heavy atom. The number of aryl methyl sites for hydroxylation is 1.